The lowest BCUT2D eigenvalue weighted by atomic mass is 9.74. The number of likely N-dealkylation sites (N-methyl/N-ethyl adjacent to an activating group) is 1. The van der Waals surface area contributed by atoms with Crippen molar-refractivity contribution in [3.63, 3.8) is 0 Å². The van der Waals surface area contributed by atoms with Gasteiger partial charge in [0.2, 0.25) is 0 Å². The van der Waals surface area contributed by atoms with Gasteiger partial charge in [-0.3, -0.25) is 9.69 Å². The largest absolute Gasteiger partial charge is 0.369 e. The summed E-state index contributed by atoms with van der Waals surface area (Å²) in [6.07, 6.45) is 16.2. The monoisotopic (exact) mass is 374 g/mol. The molecule has 1 amide bonds. The summed E-state index contributed by atoms with van der Waals surface area (Å²) in [7, 11) is 1.78. The van der Waals surface area contributed by atoms with Crippen molar-refractivity contribution in [2.24, 2.45) is 22.6 Å². The number of nitrogens with one attached hydrogen (secondary N) is 1. The fourth-order valence-corrected chi connectivity index (χ4v) is 5.46. The molecule has 5 nitrogen and oxygen atoms in total. The summed E-state index contributed by atoms with van der Waals surface area (Å²) < 4.78 is 0. The fourth-order valence-electron chi connectivity index (χ4n) is 5.46. The molecule has 1 aliphatic heterocycles. The van der Waals surface area contributed by atoms with Gasteiger partial charge in [-0.1, -0.05) is 51.0 Å². The van der Waals surface area contributed by atoms with Crippen molar-refractivity contribution >= 4 is 11.9 Å². The fraction of sp³-hybridized carbons (Fsp3) is 0.818. The van der Waals surface area contributed by atoms with Crippen molar-refractivity contribution in [1.29, 1.82) is 0 Å². The van der Waals surface area contributed by atoms with Crippen molar-refractivity contribution in [2.75, 3.05) is 13.6 Å². The highest BCUT2D eigenvalue weighted by Crippen LogP contribution is 2.40. The van der Waals surface area contributed by atoms with Gasteiger partial charge in [-0.25, -0.2) is 4.99 Å². The van der Waals surface area contributed by atoms with Crippen LogP contribution in [0.5, 0.6) is 0 Å². The third-order valence-corrected chi connectivity index (χ3v) is 7.03. The van der Waals surface area contributed by atoms with E-state index in [9.17, 15) is 4.79 Å². The summed E-state index contributed by atoms with van der Waals surface area (Å²) in [5.41, 5.74) is 5.47. The maximum Gasteiger partial charge on any atom is 0.257 e. The minimum absolute atomic E-state index is 0.122. The summed E-state index contributed by atoms with van der Waals surface area (Å²) in [6.45, 7) is 4.67. The van der Waals surface area contributed by atoms with Crippen molar-refractivity contribution in [3.05, 3.63) is 12.7 Å². The van der Waals surface area contributed by atoms with E-state index in [1.54, 1.807) is 11.9 Å². The van der Waals surface area contributed by atoms with Crippen LogP contribution in [0.3, 0.4) is 0 Å². The Morgan fingerprint density at radius 2 is 1.96 bits per heavy atom. The van der Waals surface area contributed by atoms with E-state index in [1.165, 1.54) is 51.4 Å². The van der Waals surface area contributed by atoms with Gasteiger partial charge < -0.3 is 11.1 Å². The highest BCUT2D eigenvalue weighted by Gasteiger charge is 2.47. The van der Waals surface area contributed by atoms with Gasteiger partial charge in [-0.2, -0.15) is 0 Å². The maximum atomic E-state index is 13.1. The number of nitrogens with zero attached hydrogens (tertiary/aromatic N) is 2. The van der Waals surface area contributed by atoms with Crippen molar-refractivity contribution in [3.8, 4) is 0 Å². The predicted molar refractivity (Wildman–Crippen MR) is 111 cm³/mol. The number of nitrogens with two attached hydrogens (primary N) is 1. The zero-order chi connectivity index (χ0) is 19.3. The lowest BCUT2D eigenvalue weighted by molar-refractivity contribution is -0.131. The SMILES string of the molecule is C=CCN[C@H]1CCC[C@H](C[C@@]2(CCC3CCCCC3)N=C(N)N(C)C2=O)C1. The van der Waals surface area contributed by atoms with E-state index in [0.29, 0.717) is 17.9 Å². The Hall–Kier alpha value is -1.36. The molecule has 0 bridgehead atoms. The molecule has 0 spiro atoms. The molecule has 0 aromatic rings. The summed E-state index contributed by atoms with van der Waals surface area (Å²) in [6, 6.07) is 0.535. The first-order valence-electron chi connectivity index (χ1n) is 11.0. The van der Waals surface area contributed by atoms with Gasteiger partial charge in [0.25, 0.3) is 5.91 Å². The molecule has 0 unspecified atom stereocenters. The quantitative estimate of drug-likeness (QED) is 0.638. The van der Waals surface area contributed by atoms with Crippen LogP contribution in [0.1, 0.15) is 77.0 Å². The third kappa shape index (κ3) is 4.92. The molecule has 3 rings (SSSR count). The number of rotatable bonds is 8. The Kier molecular flexibility index (Phi) is 6.96. The molecular weight excluding hydrogens is 336 g/mol. The molecule has 0 aromatic carbocycles. The molecule has 0 aromatic heterocycles. The van der Waals surface area contributed by atoms with Gasteiger partial charge >= 0.3 is 0 Å². The van der Waals surface area contributed by atoms with Crippen LogP contribution in [0.25, 0.3) is 0 Å². The third-order valence-electron chi connectivity index (χ3n) is 7.03. The van der Waals surface area contributed by atoms with E-state index >= 15 is 0 Å². The average Bonchev–Trinajstić information content (AvgIpc) is 2.90. The van der Waals surface area contributed by atoms with E-state index in [1.807, 2.05) is 6.08 Å². The Balaban J connectivity index is 1.66. The number of hydrogen-bond acceptors (Lipinski definition) is 4. The molecule has 152 valence electrons. The van der Waals surface area contributed by atoms with Crippen molar-refractivity contribution in [2.45, 2.75) is 88.6 Å². The van der Waals surface area contributed by atoms with Gasteiger partial charge in [0.15, 0.2) is 5.96 Å². The molecule has 2 aliphatic carbocycles. The van der Waals surface area contributed by atoms with Crippen LogP contribution < -0.4 is 11.1 Å². The maximum absolute atomic E-state index is 13.1. The average molecular weight is 375 g/mol. The Bertz CT molecular complexity index is 555. The molecule has 3 atom stereocenters. The van der Waals surface area contributed by atoms with Crippen LogP contribution in [0, 0.1) is 11.8 Å². The van der Waals surface area contributed by atoms with Gasteiger partial charge in [-0.05, 0) is 43.9 Å². The molecular formula is C22H38N4O. The highest BCUT2D eigenvalue weighted by atomic mass is 16.2. The number of guanidine groups is 1. The van der Waals surface area contributed by atoms with Crippen LogP contribution in [-0.2, 0) is 4.79 Å². The molecule has 27 heavy (non-hydrogen) atoms. The van der Waals surface area contributed by atoms with Crippen molar-refractivity contribution in [1.82, 2.24) is 10.2 Å². The first-order chi connectivity index (χ1) is 13.0. The summed E-state index contributed by atoms with van der Waals surface area (Å²) >= 11 is 0. The van der Waals surface area contributed by atoms with Crippen molar-refractivity contribution < 1.29 is 4.79 Å². The predicted octanol–water partition coefficient (Wildman–Crippen LogP) is 3.60. The molecule has 2 saturated carbocycles. The smallest absolute Gasteiger partial charge is 0.257 e. The summed E-state index contributed by atoms with van der Waals surface area (Å²) in [5, 5.41) is 3.58. The molecule has 0 radical (unpaired) electrons. The van der Waals surface area contributed by atoms with Crippen LogP contribution >= 0.6 is 0 Å². The summed E-state index contributed by atoms with van der Waals surface area (Å²) in [4.78, 5) is 19.5. The van der Waals surface area contributed by atoms with Gasteiger partial charge in [0.1, 0.15) is 5.54 Å². The number of carbonyl (C=O) groups is 1. The molecule has 0 saturated heterocycles. The number of aliphatic imine (C=N–C) groups is 1. The zero-order valence-corrected chi connectivity index (χ0v) is 17.1. The molecule has 3 aliphatic rings. The number of hydrogen-bond donors (Lipinski definition) is 2. The Morgan fingerprint density at radius 1 is 1.22 bits per heavy atom. The molecule has 1 heterocycles. The van der Waals surface area contributed by atoms with Gasteiger partial charge in [0.05, 0.1) is 0 Å². The zero-order valence-electron chi connectivity index (χ0n) is 17.1. The lowest BCUT2D eigenvalue weighted by Crippen LogP contribution is -2.45. The van der Waals surface area contributed by atoms with E-state index < -0.39 is 5.54 Å². The summed E-state index contributed by atoms with van der Waals surface area (Å²) in [5.74, 6) is 1.83. The normalized spacial score (nSPS) is 32.6. The second-order valence-corrected chi connectivity index (χ2v) is 9.04. The number of carbonyl (C=O) groups excluding carboxylic acids is 1. The Labute approximate surface area is 164 Å². The van der Waals surface area contributed by atoms with E-state index in [-0.39, 0.29) is 5.91 Å². The minimum atomic E-state index is -0.610. The minimum Gasteiger partial charge on any atom is -0.369 e. The lowest BCUT2D eigenvalue weighted by Gasteiger charge is -2.35. The topological polar surface area (TPSA) is 70.7 Å². The van der Waals surface area contributed by atoms with Crippen LogP contribution in [-0.4, -0.2) is 41.9 Å². The molecule has 5 heteroatoms. The van der Waals surface area contributed by atoms with Crippen LogP contribution in [0.4, 0.5) is 0 Å². The Morgan fingerprint density at radius 3 is 2.63 bits per heavy atom. The molecule has 3 N–H and O–H groups in total. The standard InChI is InChI=1S/C22H38N4O/c1-3-14-24-19-11-7-10-18(15-19)16-22(20(27)26(2)21(23)25-22)13-12-17-8-5-4-6-9-17/h3,17-19,24H,1,4-16H2,2H3,(H2,23,25)/t18-,19-,22+/m0/s1. The van der Waals surface area contributed by atoms with Crippen LogP contribution in [0.15, 0.2) is 17.6 Å². The molecule has 2 fully saturated rings. The second kappa shape index (κ2) is 9.22. The first-order valence-corrected chi connectivity index (χ1v) is 11.0. The first kappa shape index (κ1) is 20.4. The highest BCUT2D eigenvalue weighted by molar-refractivity contribution is 6.06. The number of amides is 1. The van der Waals surface area contributed by atoms with Gasteiger partial charge in [-0.15, -0.1) is 6.58 Å². The second-order valence-electron chi connectivity index (χ2n) is 9.04. The van der Waals surface area contributed by atoms with E-state index in [2.05, 4.69) is 11.9 Å². The van der Waals surface area contributed by atoms with Crippen LogP contribution in [0.2, 0.25) is 0 Å². The van der Waals surface area contributed by atoms with Gasteiger partial charge in [0, 0.05) is 19.6 Å². The van der Waals surface area contributed by atoms with E-state index in [0.717, 1.165) is 38.1 Å². The van der Waals surface area contributed by atoms with E-state index in [4.69, 9.17) is 10.7 Å².